The molecule has 0 radical (unpaired) electrons. The molecule has 0 aliphatic carbocycles. The van der Waals surface area contributed by atoms with Gasteiger partial charge in [0, 0.05) is 31.9 Å². The zero-order chi connectivity index (χ0) is 14.4. The summed E-state index contributed by atoms with van der Waals surface area (Å²) < 4.78 is 5.08. The average molecular weight is 273 g/mol. The topological polar surface area (TPSA) is 41.3 Å². The summed E-state index contributed by atoms with van der Waals surface area (Å²) in [4.78, 5) is 6.62. The van der Waals surface area contributed by atoms with Gasteiger partial charge in [0.2, 0.25) is 0 Å². The van der Waals surface area contributed by atoms with E-state index in [1.807, 2.05) is 19.3 Å². The van der Waals surface area contributed by atoms with Crippen molar-refractivity contribution in [3.63, 3.8) is 0 Å². The molecule has 0 aliphatic heterocycles. The summed E-state index contributed by atoms with van der Waals surface area (Å²) >= 11 is 0. The summed E-state index contributed by atoms with van der Waals surface area (Å²) in [6.45, 7) is 7.12. The molecule has 0 amide bonds. The van der Waals surface area contributed by atoms with Crippen LogP contribution < -0.4 is 10.2 Å². The number of anilines is 1. The lowest BCUT2D eigenvalue weighted by atomic mass is 10.2. The minimum absolute atomic E-state index is 0.670. The Hall–Kier alpha value is -1.81. The first kappa shape index (κ1) is 14.6. The van der Waals surface area contributed by atoms with Crippen LogP contribution in [-0.4, -0.2) is 18.6 Å². The maximum Gasteiger partial charge on any atom is 0.128 e. The minimum atomic E-state index is 0.670. The fourth-order valence-electron chi connectivity index (χ4n) is 1.99. The van der Waals surface area contributed by atoms with Crippen LogP contribution in [0.25, 0.3) is 0 Å². The summed E-state index contributed by atoms with van der Waals surface area (Å²) in [5.74, 6) is 1.64. The smallest absolute Gasteiger partial charge is 0.128 e. The third kappa shape index (κ3) is 4.38. The molecule has 0 atom stereocenters. The van der Waals surface area contributed by atoms with Crippen molar-refractivity contribution in [2.45, 2.75) is 26.9 Å². The van der Waals surface area contributed by atoms with Gasteiger partial charge in [0.25, 0.3) is 0 Å². The van der Waals surface area contributed by atoms with Crippen molar-refractivity contribution in [2.75, 3.05) is 18.5 Å². The third-order valence-corrected chi connectivity index (χ3v) is 3.08. The predicted molar refractivity (Wildman–Crippen MR) is 81.6 cm³/mol. The van der Waals surface area contributed by atoms with Crippen LogP contribution in [0.3, 0.4) is 0 Å². The molecule has 0 aromatic carbocycles. The maximum atomic E-state index is 5.08. The van der Waals surface area contributed by atoms with E-state index in [0.29, 0.717) is 5.92 Å². The Morgan fingerprint density at radius 2 is 2.10 bits per heavy atom. The van der Waals surface area contributed by atoms with Gasteiger partial charge in [-0.1, -0.05) is 19.9 Å². The number of nitrogens with one attached hydrogen (secondary N) is 1. The van der Waals surface area contributed by atoms with Crippen LogP contribution in [0.5, 0.6) is 0 Å². The molecular formula is C16H23N3O. The summed E-state index contributed by atoms with van der Waals surface area (Å²) in [6.07, 6.45) is 5.40. The standard InChI is InChI=1S/C16H23N3O/c1-13(2)8-17-9-14-4-5-16(18-10-14)19(3)11-15-6-7-20-12-15/h4-7,10,12-13,17H,8-9,11H2,1-3H3. The highest BCUT2D eigenvalue weighted by Crippen LogP contribution is 2.13. The molecule has 2 aromatic heterocycles. The number of hydrogen-bond donors (Lipinski definition) is 1. The Labute approximate surface area is 120 Å². The lowest BCUT2D eigenvalue weighted by Crippen LogP contribution is -2.20. The zero-order valence-electron chi connectivity index (χ0n) is 12.5. The van der Waals surface area contributed by atoms with Crippen molar-refractivity contribution in [3.05, 3.63) is 48.0 Å². The van der Waals surface area contributed by atoms with E-state index in [4.69, 9.17) is 4.42 Å². The number of rotatable bonds is 7. The van der Waals surface area contributed by atoms with Gasteiger partial charge < -0.3 is 14.6 Å². The number of pyridine rings is 1. The Morgan fingerprint density at radius 3 is 2.70 bits per heavy atom. The average Bonchev–Trinajstić information content (AvgIpc) is 2.92. The summed E-state index contributed by atoms with van der Waals surface area (Å²) in [5.41, 5.74) is 2.36. The fourth-order valence-corrected chi connectivity index (χ4v) is 1.99. The number of aromatic nitrogens is 1. The van der Waals surface area contributed by atoms with E-state index in [2.05, 4.69) is 41.2 Å². The van der Waals surface area contributed by atoms with Crippen molar-refractivity contribution in [1.82, 2.24) is 10.3 Å². The van der Waals surface area contributed by atoms with Gasteiger partial charge in [-0.05, 0) is 30.2 Å². The van der Waals surface area contributed by atoms with E-state index < -0.39 is 0 Å². The molecule has 0 bridgehead atoms. The predicted octanol–water partition coefficient (Wildman–Crippen LogP) is 3.06. The maximum absolute atomic E-state index is 5.08. The molecule has 0 aliphatic rings. The van der Waals surface area contributed by atoms with Gasteiger partial charge in [-0.2, -0.15) is 0 Å². The van der Waals surface area contributed by atoms with E-state index in [9.17, 15) is 0 Å². The van der Waals surface area contributed by atoms with Crippen molar-refractivity contribution < 1.29 is 4.42 Å². The molecule has 0 saturated heterocycles. The van der Waals surface area contributed by atoms with Gasteiger partial charge in [-0.25, -0.2) is 4.98 Å². The molecule has 4 nitrogen and oxygen atoms in total. The van der Waals surface area contributed by atoms with Gasteiger partial charge in [0.05, 0.1) is 12.5 Å². The molecular weight excluding hydrogens is 250 g/mol. The van der Waals surface area contributed by atoms with Gasteiger partial charge in [-0.15, -0.1) is 0 Å². The summed E-state index contributed by atoms with van der Waals surface area (Å²) in [6, 6.07) is 6.16. The number of furan rings is 1. The van der Waals surface area contributed by atoms with Gasteiger partial charge in [0.15, 0.2) is 0 Å². The number of hydrogen-bond acceptors (Lipinski definition) is 4. The second-order valence-electron chi connectivity index (χ2n) is 5.54. The van der Waals surface area contributed by atoms with Crippen LogP contribution in [0.15, 0.2) is 41.3 Å². The third-order valence-electron chi connectivity index (χ3n) is 3.08. The second-order valence-corrected chi connectivity index (χ2v) is 5.54. The monoisotopic (exact) mass is 273 g/mol. The van der Waals surface area contributed by atoms with Crippen LogP contribution in [0.4, 0.5) is 5.82 Å². The minimum Gasteiger partial charge on any atom is -0.472 e. The Balaban J connectivity index is 1.87. The van der Waals surface area contributed by atoms with Crippen molar-refractivity contribution >= 4 is 5.82 Å². The molecule has 0 fully saturated rings. The largest absolute Gasteiger partial charge is 0.472 e. The quantitative estimate of drug-likeness (QED) is 0.842. The Morgan fingerprint density at radius 1 is 1.25 bits per heavy atom. The fraction of sp³-hybridized carbons (Fsp3) is 0.438. The Kier molecular flexibility index (Phi) is 5.18. The SMILES string of the molecule is CC(C)CNCc1ccc(N(C)Cc2ccoc2)nc1. The van der Waals surface area contributed by atoms with E-state index in [1.54, 1.807) is 12.5 Å². The van der Waals surface area contributed by atoms with Crippen LogP contribution in [0, 0.1) is 5.92 Å². The van der Waals surface area contributed by atoms with Crippen molar-refractivity contribution in [3.8, 4) is 0 Å². The highest BCUT2D eigenvalue weighted by molar-refractivity contribution is 5.39. The van der Waals surface area contributed by atoms with Crippen LogP contribution in [0.1, 0.15) is 25.0 Å². The summed E-state index contributed by atoms with van der Waals surface area (Å²) in [7, 11) is 2.03. The molecule has 0 saturated carbocycles. The lowest BCUT2D eigenvalue weighted by molar-refractivity contribution is 0.552. The van der Waals surface area contributed by atoms with Crippen molar-refractivity contribution in [1.29, 1.82) is 0 Å². The van der Waals surface area contributed by atoms with E-state index >= 15 is 0 Å². The molecule has 2 heterocycles. The van der Waals surface area contributed by atoms with Crippen LogP contribution in [0.2, 0.25) is 0 Å². The van der Waals surface area contributed by atoms with E-state index in [1.165, 1.54) is 5.56 Å². The molecule has 108 valence electrons. The van der Waals surface area contributed by atoms with Crippen LogP contribution >= 0.6 is 0 Å². The normalized spacial score (nSPS) is 11.0. The highest BCUT2D eigenvalue weighted by atomic mass is 16.3. The van der Waals surface area contributed by atoms with E-state index in [-0.39, 0.29) is 0 Å². The first-order chi connectivity index (χ1) is 9.65. The first-order valence-electron chi connectivity index (χ1n) is 7.03. The van der Waals surface area contributed by atoms with Gasteiger partial charge in [0.1, 0.15) is 5.82 Å². The van der Waals surface area contributed by atoms with Gasteiger partial charge >= 0.3 is 0 Å². The van der Waals surface area contributed by atoms with Crippen molar-refractivity contribution in [2.24, 2.45) is 5.92 Å². The van der Waals surface area contributed by atoms with Crippen LogP contribution in [-0.2, 0) is 13.1 Å². The molecule has 4 heteroatoms. The molecule has 0 unspecified atom stereocenters. The molecule has 2 aromatic rings. The molecule has 1 N–H and O–H groups in total. The lowest BCUT2D eigenvalue weighted by Gasteiger charge is -2.17. The molecule has 0 spiro atoms. The second kappa shape index (κ2) is 7.10. The number of nitrogens with zero attached hydrogens (tertiary/aromatic N) is 2. The summed E-state index contributed by atoms with van der Waals surface area (Å²) in [5, 5.41) is 3.42. The van der Waals surface area contributed by atoms with E-state index in [0.717, 1.165) is 31.0 Å². The molecule has 20 heavy (non-hydrogen) atoms. The Bertz CT molecular complexity index is 491. The first-order valence-corrected chi connectivity index (χ1v) is 7.03. The zero-order valence-corrected chi connectivity index (χ0v) is 12.5. The molecule has 2 rings (SSSR count). The van der Waals surface area contributed by atoms with Gasteiger partial charge in [-0.3, -0.25) is 0 Å². The highest BCUT2D eigenvalue weighted by Gasteiger charge is 2.04.